The van der Waals surface area contributed by atoms with Crippen LogP contribution in [-0.4, -0.2) is 40.9 Å². The van der Waals surface area contributed by atoms with Crippen molar-refractivity contribution in [3.63, 3.8) is 0 Å². The summed E-state index contributed by atoms with van der Waals surface area (Å²) < 4.78 is 0. The molecule has 3 heteroatoms. The predicted molar refractivity (Wildman–Crippen MR) is 79.8 cm³/mol. The summed E-state index contributed by atoms with van der Waals surface area (Å²) in [6.45, 7) is 10.9. The fraction of sp³-hybridized carbons (Fsp3) is 1.00. The second kappa shape index (κ2) is 7.27. The highest BCUT2D eigenvalue weighted by atomic mass is 79.9. The molecule has 1 saturated heterocycles. The van der Waals surface area contributed by atoms with E-state index < -0.39 is 0 Å². The van der Waals surface area contributed by atoms with Crippen LogP contribution in [0.15, 0.2) is 0 Å². The lowest BCUT2D eigenvalue weighted by Gasteiger charge is -2.39. The van der Waals surface area contributed by atoms with Gasteiger partial charge in [-0.1, -0.05) is 36.7 Å². The zero-order valence-corrected chi connectivity index (χ0v) is 13.4. The highest BCUT2D eigenvalue weighted by Gasteiger charge is 2.29. The SMILES string of the molecule is CCC1CN(CC(CC)(CC)CBr)CCS1. The third-order valence-electron chi connectivity index (χ3n) is 4.02. The van der Waals surface area contributed by atoms with Gasteiger partial charge in [-0.15, -0.1) is 0 Å². The van der Waals surface area contributed by atoms with Crippen LogP contribution in [-0.2, 0) is 0 Å². The molecule has 1 fully saturated rings. The Balaban J connectivity index is 2.50. The maximum absolute atomic E-state index is 3.72. The normalized spacial score (nSPS) is 23.6. The number of hydrogen-bond donors (Lipinski definition) is 0. The Labute approximate surface area is 114 Å². The maximum Gasteiger partial charge on any atom is 0.0172 e. The quantitative estimate of drug-likeness (QED) is 0.682. The number of halogens is 1. The minimum Gasteiger partial charge on any atom is -0.301 e. The summed E-state index contributed by atoms with van der Waals surface area (Å²) in [7, 11) is 0. The standard InChI is InChI=1S/C13H26BrNS/c1-4-12-9-15(7-8-16-12)11-13(5-2,6-3)10-14/h12H,4-11H2,1-3H3. The first-order valence-corrected chi connectivity index (χ1v) is 8.76. The van der Waals surface area contributed by atoms with E-state index in [9.17, 15) is 0 Å². The van der Waals surface area contributed by atoms with E-state index in [0.717, 1.165) is 10.6 Å². The van der Waals surface area contributed by atoms with E-state index >= 15 is 0 Å². The van der Waals surface area contributed by atoms with Crippen molar-refractivity contribution in [1.82, 2.24) is 4.90 Å². The molecule has 1 aliphatic heterocycles. The van der Waals surface area contributed by atoms with Crippen LogP contribution < -0.4 is 0 Å². The van der Waals surface area contributed by atoms with Gasteiger partial charge in [0.05, 0.1) is 0 Å². The van der Waals surface area contributed by atoms with E-state index in [1.54, 1.807) is 0 Å². The third kappa shape index (κ3) is 3.92. The molecule has 0 aromatic carbocycles. The number of hydrogen-bond acceptors (Lipinski definition) is 2. The molecule has 0 bridgehead atoms. The Bertz CT molecular complexity index is 186. The van der Waals surface area contributed by atoms with Gasteiger partial charge in [0.15, 0.2) is 0 Å². The van der Waals surface area contributed by atoms with Gasteiger partial charge in [-0.2, -0.15) is 11.8 Å². The molecule has 0 spiro atoms. The Hall–Kier alpha value is 0.790. The zero-order chi connectivity index (χ0) is 12.0. The Morgan fingerprint density at radius 1 is 1.31 bits per heavy atom. The average Bonchev–Trinajstić information content (AvgIpc) is 2.36. The summed E-state index contributed by atoms with van der Waals surface area (Å²) in [6.07, 6.45) is 3.89. The highest BCUT2D eigenvalue weighted by Crippen LogP contribution is 2.32. The van der Waals surface area contributed by atoms with E-state index in [0.29, 0.717) is 5.41 Å². The lowest BCUT2D eigenvalue weighted by atomic mass is 9.84. The molecular formula is C13H26BrNS. The van der Waals surface area contributed by atoms with Crippen molar-refractivity contribution in [2.45, 2.75) is 45.3 Å². The Kier molecular flexibility index (Phi) is 6.75. The molecule has 16 heavy (non-hydrogen) atoms. The van der Waals surface area contributed by atoms with Crippen LogP contribution in [0, 0.1) is 5.41 Å². The Morgan fingerprint density at radius 3 is 2.50 bits per heavy atom. The first kappa shape index (κ1) is 14.8. The predicted octanol–water partition coefficient (Wildman–Crippen LogP) is 4.02. The molecule has 0 aromatic rings. The third-order valence-corrected chi connectivity index (χ3v) is 6.58. The summed E-state index contributed by atoms with van der Waals surface area (Å²) in [4.78, 5) is 2.69. The van der Waals surface area contributed by atoms with Crippen molar-refractivity contribution in [3.05, 3.63) is 0 Å². The average molecular weight is 308 g/mol. The van der Waals surface area contributed by atoms with Gasteiger partial charge in [0, 0.05) is 36.0 Å². The lowest BCUT2D eigenvalue weighted by Crippen LogP contribution is -2.45. The van der Waals surface area contributed by atoms with Gasteiger partial charge in [-0.25, -0.2) is 0 Å². The van der Waals surface area contributed by atoms with Crippen LogP contribution in [0.3, 0.4) is 0 Å². The van der Waals surface area contributed by atoms with Gasteiger partial charge in [0.25, 0.3) is 0 Å². The molecule has 0 saturated carbocycles. The minimum atomic E-state index is 0.500. The van der Waals surface area contributed by atoms with Gasteiger partial charge < -0.3 is 4.90 Å². The molecule has 0 amide bonds. The molecule has 1 atom stereocenters. The number of alkyl halides is 1. The molecule has 0 aromatic heterocycles. The van der Waals surface area contributed by atoms with E-state index in [1.807, 2.05) is 0 Å². The van der Waals surface area contributed by atoms with Crippen LogP contribution in [0.5, 0.6) is 0 Å². The number of nitrogens with zero attached hydrogens (tertiary/aromatic N) is 1. The maximum atomic E-state index is 3.72. The first-order valence-electron chi connectivity index (χ1n) is 6.59. The highest BCUT2D eigenvalue weighted by molar-refractivity contribution is 9.09. The van der Waals surface area contributed by atoms with E-state index in [-0.39, 0.29) is 0 Å². The molecule has 0 aliphatic carbocycles. The molecule has 0 radical (unpaired) electrons. The second-order valence-electron chi connectivity index (χ2n) is 4.98. The topological polar surface area (TPSA) is 3.24 Å². The van der Waals surface area contributed by atoms with Gasteiger partial charge in [0.1, 0.15) is 0 Å². The lowest BCUT2D eigenvalue weighted by molar-refractivity contribution is 0.162. The zero-order valence-electron chi connectivity index (χ0n) is 11.0. The van der Waals surface area contributed by atoms with Crippen LogP contribution in [0.1, 0.15) is 40.0 Å². The summed E-state index contributed by atoms with van der Waals surface area (Å²) >= 11 is 5.88. The fourth-order valence-corrected chi connectivity index (χ4v) is 4.57. The molecule has 0 N–H and O–H groups in total. The minimum absolute atomic E-state index is 0.500. The van der Waals surface area contributed by atoms with Crippen molar-refractivity contribution < 1.29 is 0 Å². The monoisotopic (exact) mass is 307 g/mol. The van der Waals surface area contributed by atoms with Crippen LogP contribution >= 0.6 is 27.7 Å². The molecule has 96 valence electrons. The smallest absolute Gasteiger partial charge is 0.0172 e. The molecule has 1 nitrogen and oxygen atoms in total. The van der Waals surface area contributed by atoms with E-state index in [2.05, 4.69) is 53.4 Å². The second-order valence-corrected chi connectivity index (χ2v) is 6.95. The summed E-state index contributed by atoms with van der Waals surface area (Å²) in [5.74, 6) is 1.32. The number of rotatable bonds is 6. The molecule has 1 unspecified atom stereocenters. The molecular weight excluding hydrogens is 282 g/mol. The summed E-state index contributed by atoms with van der Waals surface area (Å²) in [5, 5.41) is 2.02. The van der Waals surface area contributed by atoms with E-state index in [1.165, 1.54) is 44.6 Å². The van der Waals surface area contributed by atoms with Crippen molar-refractivity contribution in [1.29, 1.82) is 0 Å². The van der Waals surface area contributed by atoms with Crippen LogP contribution in [0.4, 0.5) is 0 Å². The molecule has 1 heterocycles. The van der Waals surface area contributed by atoms with Crippen LogP contribution in [0.25, 0.3) is 0 Å². The van der Waals surface area contributed by atoms with Crippen molar-refractivity contribution in [2.75, 3.05) is 30.7 Å². The van der Waals surface area contributed by atoms with Crippen molar-refractivity contribution in [2.24, 2.45) is 5.41 Å². The van der Waals surface area contributed by atoms with Crippen molar-refractivity contribution in [3.8, 4) is 0 Å². The largest absolute Gasteiger partial charge is 0.301 e. The van der Waals surface area contributed by atoms with Crippen molar-refractivity contribution >= 4 is 27.7 Å². The Morgan fingerprint density at radius 2 is 2.00 bits per heavy atom. The van der Waals surface area contributed by atoms with Gasteiger partial charge in [0.2, 0.25) is 0 Å². The van der Waals surface area contributed by atoms with Crippen LogP contribution in [0.2, 0.25) is 0 Å². The van der Waals surface area contributed by atoms with Gasteiger partial charge >= 0.3 is 0 Å². The summed E-state index contributed by atoms with van der Waals surface area (Å²) in [5.41, 5.74) is 0.500. The number of thioether (sulfide) groups is 1. The van der Waals surface area contributed by atoms with Gasteiger partial charge in [-0.05, 0) is 24.7 Å². The summed E-state index contributed by atoms with van der Waals surface area (Å²) in [6, 6.07) is 0. The van der Waals surface area contributed by atoms with Gasteiger partial charge in [-0.3, -0.25) is 0 Å². The molecule has 1 aliphatic rings. The van der Waals surface area contributed by atoms with E-state index in [4.69, 9.17) is 0 Å². The first-order chi connectivity index (χ1) is 7.69. The fourth-order valence-electron chi connectivity index (χ4n) is 2.35. The molecule has 1 rings (SSSR count).